The number of hydrogen-bond donors (Lipinski definition) is 5. The van der Waals surface area contributed by atoms with Crippen molar-refractivity contribution in [2.75, 3.05) is 9.80 Å². The Morgan fingerprint density at radius 3 is 1.12 bits per heavy atom. The van der Waals surface area contributed by atoms with E-state index in [-0.39, 0.29) is 71.8 Å². The van der Waals surface area contributed by atoms with Gasteiger partial charge in [0.2, 0.25) is 0 Å². The third-order valence-corrected chi connectivity index (χ3v) is 11.1. The summed E-state index contributed by atoms with van der Waals surface area (Å²) in [4.78, 5) is 31.3. The summed E-state index contributed by atoms with van der Waals surface area (Å²) in [5.74, 6) is -0.473. The molecule has 10 aromatic carbocycles. The number of phenolic OH excluding ortho intramolecular Hbond substituents is 2. The first-order valence-electron chi connectivity index (χ1n) is 24.2. The molecule has 10 aromatic rings. The van der Waals surface area contributed by atoms with E-state index in [0.29, 0.717) is 24.9 Å². The number of benzene rings is 10. The Balaban J connectivity index is 0.000000384. The van der Waals surface area contributed by atoms with E-state index >= 15 is 0 Å². The summed E-state index contributed by atoms with van der Waals surface area (Å²) in [6.45, 7) is 2.17. The third-order valence-electron chi connectivity index (χ3n) is 10.5. The molecule has 0 bridgehead atoms. The smallest absolute Gasteiger partial charge is 0 e. The van der Waals surface area contributed by atoms with E-state index in [0.717, 1.165) is 85.1 Å². The van der Waals surface area contributed by atoms with E-state index < -0.39 is 20.2 Å². The van der Waals surface area contributed by atoms with Crippen LogP contribution in [0.2, 0.25) is 0 Å². The van der Waals surface area contributed by atoms with Crippen LogP contribution in [0.1, 0.15) is 13.8 Å². The van der Waals surface area contributed by atoms with Crippen LogP contribution in [0.3, 0.4) is 0 Å². The molecule has 0 aromatic heterocycles. The Morgan fingerprint density at radius 2 is 0.778 bits per heavy atom. The Morgan fingerprint density at radius 1 is 0.494 bits per heavy atom. The van der Waals surface area contributed by atoms with Gasteiger partial charge in [-0.05, 0) is 165 Å². The van der Waals surface area contributed by atoms with E-state index in [1.807, 2.05) is 103 Å². The molecule has 401 valence electrons. The normalized spacial score (nSPS) is 9.68. The number of carboxylic acids is 2. The summed E-state index contributed by atoms with van der Waals surface area (Å²) in [5, 5.41) is 55.3. The van der Waals surface area contributed by atoms with E-state index in [1.165, 1.54) is 63.2 Å². The van der Waals surface area contributed by atoms with Gasteiger partial charge in [-0.25, -0.2) is 4.67 Å². The minimum Gasteiger partial charge on any atom is 0 e. The van der Waals surface area contributed by atoms with E-state index in [4.69, 9.17) is 44.2 Å². The molecule has 0 saturated carbocycles. The molecule has 0 aliphatic heterocycles. The fourth-order valence-corrected chi connectivity index (χ4v) is 7.74. The molecule has 0 aliphatic rings. The Kier molecular flexibility index (Phi) is 38.0. The number of carbonyl (C=O) groups is 2. The maximum atomic E-state index is 9.68. The molecule has 1 radical (unpaired) electrons. The Hall–Kier alpha value is -3.28. The summed E-state index contributed by atoms with van der Waals surface area (Å²) in [6.07, 6.45) is 0. The van der Waals surface area contributed by atoms with Crippen LogP contribution in [-0.2, 0) is 39.3 Å². The molecule has 0 fully saturated rings. The minimum absolute atomic E-state index is 0. The Bertz CT molecular complexity index is 3290. The molecule has 0 saturated heterocycles. The summed E-state index contributed by atoms with van der Waals surface area (Å²) in [5.41, 5.74) is 8.86. The predicted octanol–water partition coefficient (Wildman–Crippen LogP) is 9.77. The molecule has 81 heavy (non-hydrogen) atoms. The number of aliphatic carboxylic acids is 2. The number of rotatable bonds is 10. The number of para-hydroxylation sites is 4. The van der Waals surface area contributed by atoms with E-state index in [1.54, 1.807) is 24.3 Å². The van der Waals surface area contributed by atoms with Crippen LogP contribution in [0.4, 0.5) is 34.1 Å². The quantitative estimate of drug-likeness (QED) is 0.0372. The molecular formula is C60H51BBrK3N2O12PPd. The van der Waals surface area contributed by atoms with Crippen LogP contribution < -0.4 is 76.0 Å². The van der Waals surface area contributed by atoms with Crippen molar-refractivity contribution in [2.45, 2.75) is 13.8 Å². The van der Waals surface area contributed by atoms with Gasteiger partial charge in [0.1, 0.15) is 17.2 Å². The zero-order valence-electron chi connectivity index (χ0n) is 44.8. The number of phenols is 2. The number of halogens is 1. The van der Waals surface area contributed by atoms with Crippen LogP contribution in [0.15, 0.2) is 247 Å². The Labute approximate surface area is 582 Å². The summed E-state index contributed by atoms with van der Waals surface area (Å²) >= 11 is 5.89. The maximum Gasteiger partial charge on any atom is 0 e. The van der Waals surface area contributed by atoms with Gasteiger partial charge in [0.15, 0.2) is 0 Å². The second-order valence-corrected chi connectivity index (χ2v) is 17.5. The maximum absolute atomic E-state index is 9.68. The van der Waals surface area contributed by atoms with Crippen molar-refractivity contribution < 1.29 is 131 Å². The fraction of sp³-hybridized carbons (Fsp3) is 0.0333. The molecule has 1 unspecified atom stereocenters. The third kappa shape index (κ3) is 27.1. The van der Waals surface area contributed by atoms with Gasteiger partial charge in [-0.2, -0.15) is 0 Å². The van der Waals surface area contributed by atoms with Gasteiger partial charge < -0.3 is 50.1 Å². The molecule has 0 amide bonds. The van der Waals surface area contributed by atoms with Crippen molar-refractivity contribution >= 4 is 163 Å². The summed E-state index contributed by atoms with van der Waals surface area (Å²) < 4.78 is 17.3. The van der Waals surface area contributed by atoms with Gasteiger partial charge in [-0.1, -0.05) is 131 Å². The molecule has 10 rings (SSSR count). The molecule has 0 aliphatic carbocycles. The van der Waals surface area contributed by atoms with Gasteiger partial charge in [0, 0.05) is 72.9 Å². The molecule has 21 heteroatoms. The van der Waals surface area contributed by atoms with Crippen LogP contribution >= 0.6 is 24.2 Å². The van der Waals surface area contributed by atoms with Gasteiger partial charge in [-0.3, -0.25) is 9.59 Å². The van der Waals surface area contributed by atoms with Crippen LogP contribution in [-0.4, -0.2) is 108 Å². The van der Waals surface area contributed by atoms with Crippen molar-refractivity contribution in [3.05, 3.63) is 247 Å². The molecule has 1 atom stereocenters. The SMILES string of the molecule is CC(=O)O.CC(=O)O.O=[P+]([O-])O[O-].O[B]Oc1ccc(N(c2ccccc2)c2ccccc2)cc1.Oc1ccc2cc(-c3ccc(N(c4ccccc4)c4ccccc4)cc3)ccc2c1.Oc1ccc2cc(Br)ccc2c1.[K+].[K][K].[Pd]. The van der Waals surface area contributed by atoms with Gasteiger partial charge >= 0.3 is 130 Å². The van der Waals surface area contributed by atoms with Gasteiger partial charge in [-0.15, -0.1) is 0 Å². The number of aromatic hydroxyl groups is 2. The number of nitrogens with zero attached hydrogens (tertiary/aromatic N) is 2. The predicted molar refractivity (Wildman–Crippen MR) is 316 cm³/mol. The molecule has 0 heterocycles. The summed E-state index contributed by atoms with van der Waals surface area (Å²) in [6, 6.07) is 80.5. The van der Waals surface area contributed by atoms with E-state index in [9.17, 15) is 10.2 Å². The van der Waals surface area contributed by atoms with Crippen molar-refractivity contribution in [3.8, 4) is 28.4 Å². The van der Waals surface area contributed by atoms with Gasteiger partial charge in [0.25, 0.3) is 11.9 Å². The first kappa shape index (κ1) is 73.8. The van der Waals surface area contributed by atoms with Crippen molar-refractivity contribution in [1.82, 2.24) is 0 Å². The molecule has 5 N–H and O–H groups in total. The van der Waals surface area contributed by atoms with Crippen LogP contribution in [0, 0.1) is 0 Å². The largest absolute Gasteiger partial charge is 0 e. The van der Waals surface area contributed by atoms with Crippen LogP contribution in [0.5, 0.6) is 17.2 Å². The van der Waals surface area contributed by atoms with Crippen molar-refractivity contribution in [2.24, 2.45) is 0 Å². The topological polar surface area (TPSA) is 223 Å². The molecule has 14 nitrogen and oxygen atoms in total. The summed E-state index contributed by atoms with van der Waals surface area (Å²) in [7, 11) is -2.47. The van der Waals surface area contributed by atoms with Crippen molar-refractivity contribution in [3.63, 3.8) is 0 Å². The molecule has 0 spiro atoms. The second-order valence-electron chi connectivity index (χ2n) is 16.0. The number of fused-ring (bicyclic) bond motifs is 2. The first-order chi connectivity index (χ1) is 38.1. The monoisotopic (exact) mass is 1340 g/mol. The van der Waals surface area contributed by atoms with Gasteiger partial charge in [0.05, 0.1) is 0 Å². The fourth-order valence-electron chi connectivity index (χ4n) is 7.36. The minimum atomic E-state index is -3.15. The average Bonchev–Trinajstić information content (AvgIpc) is 3.47. The van der Waals surface area contributed by atoms with Crippen LogP contribution in [0.25, 0.3) is 32.7 Å². The molecular weight excluding hydrogens is 1290 g/mol. The average molecular weight is 1340 g/mol. The first-order valence-corrected chi connectivity index (χ1v) is 42.1. The van der Waals surface area contributed by atoms with E-state index in [2.05, 4.69) is 146 Å². The van der Waals surface area contributed by atoms with Crippen molar-refractivity contribution in [1.29, 1.82) is 0 Å². The number of carboxylic acid groups (broad SMARTS) is 2. The zero-order chi connectivity index (χ0) is 57.5. The standard InChI is InChI=1S/C28H21NO.C18H15BNO2.C10H7BrO.2C2H4O2.3K.HO4P.Pd/c30-28-18-15-23-19-22(11-12-24(23)20-28)21-13-16-27(17-14-21)29(25-7-3-1-4-8-25)26-9-5-2-6-10-26;21-19-22-18-13-11-17(12-14-18)20(15-7-3-1-4-8-15)16-9-5-2-6-10-16;11-9-3-1-8-6-10(12)4-2-7(8)5-9;2*1-2(3)4;;;;1-4-5(2)3;/h1-20,30H;1-14,21H;1-6,12H;2*1H3,(H,3,4);;;;1H;/q;;;;;;;+1;;/p-1. The second kappa shape index (κ2) is 41.7. The number of anilines is 6. The zero-order valence-corrected chi connectivity index (χ0v) is 58.2. The number of hydrogen-bond acceptors (Lipinski definition) is 12.